The van der Waals surface area contributed by atoms with Crippen LogP contribution in [-0.2, 0) is 23.3 Å². The number of aromatic nitrogens is 2. The summed E-state index contributed by atoms with van der Waals surface area (Å²) in [6.07, 6.45) is -3.47. The Hall–Kier alpha value is -3.96. The number of hydrogen-bond donors (Lipinski definition) is 0. The number of fused-ring (bicyclic) bond motifs is 1. The van der Waals surface area contributed by atoms with Crippen LogP contribution >= 0.6 is 23.5 Å². The Kier molecular flexibility index (Phi) is 7.77. The Bertz CT molecular complexity index is 1570. The van der Waals surface area contributed by atoms with Crippen LogP contribution in [0.15, 0.2) is 69.5 Å². The second kappa shape index (κ2) is 11.3. The highest BCUT2D eigenvalue weighted by atomic mass is 32.2. The molecule has 1 amide bonds. The molecule has 40 heavy (non-hydrogen) atoms. The number of nitriles is 1. The lowest BCUT2D eigenvalue weighted by Crippen LogP contribution is -2.53. The van der Waals surface area contributed by atoms with E-state index in [2.05, 4.69) is 10.2 Å². The largest absolute Gasteiger partial charge is 0.445 e. The number of likely N-dealkylation sites (tertiary alicyclic amines) is 1. The predicted molar refractivity (Wildman–Crippen MR) is 145 cm³/mol. The maximum absolute atomic E-state index is 13.3. The van der Waals surface area contributed by atoms with Crippen molar-refractivity contribution in [1.82, 2.24) is 14.7 Å². The summed E-state index contributed by atoms with van der Waals surface area (Å²) in [5, 5.41) is 19.6. The van der Waals surface area contributed by atoms with Gasteiger partial charge in [0.05, 0.1) is 35.1 Å². The molecule has 9 nitrogen and oxygen atoms in total. The molecule has 1 saturated heterocycles. The van der Waals surface area contributed by atoms with Crippen LogP contribution in [0.25, 0.3) is 0 Å². The Morgan fingerprint density at radius 2 is 1.98 bits per heavy atom. The SMILES string of the molecule is CN1N=C(SCc2ccc(C(F)(F)F)cc2C#N)Sc2c1cnn(C1CN(C(=O)OCc3ccccc3)C1)c2=O. The van der Waals surface area contributed by atoms with Gasteiger partial charge in [-0.05, 0) is 23.3 Å². The van der Waals surface area contributed by atoms with E-state index in [0.29, 0.717) is 20.5 Å². The molecule has 0 unspecified atom stereocenters. The number of hydrogen-bond acceptors (Lipinski definition) is 9. The van der Waals surface area contributed by atoms with E-state index in [0.717, 1.165) is 29.5 Å². The van der Waals surface area contributed by atoms with Gasteiger partial charge in [-0.1, -0.05) is 59.9 Å². The summed E-state index contributed by atoms with van der Waals surface area (Å²) in [6.45, 7) is 0.712. The summed E-state index contributed by atoms with van der Waals surface area (Å²) in [4.78, 5) is 27.6. The summed E-state index contributed by atoms with van der Waals surface area (Å²) in [5.41, 5.74) is 0.527. The minimum Gasteiger partial charge on any atom is -0.445 e. The van der Waals surface area contributed by atoms with Crippen molar-refractivity contribution in [2.75, 3.05) is 25.1 Å². The number of alkyl halides is 3. The lowest BCUT2D eigenvalue weighted by molar-refractivity contribution is -0.137. The molecule has 0 radical (unpaired) electrons. The van der Waals surface area contributed by atoms with Crippen molar-refractivity contribution in [3.05, 3.63) is 87.3 Å². The zero-order valence-electron chi connectivity index (χ0n) is 21.0. The number of carbonyl (C=O) groups is 1. The van der Waals surface area contributed by atoms with Gasteiger partial charge >= 0.3 is 12.3 Å². The number of anilines is 1. The zero-order valence-corrected chi connectivity index (χ0v) is 22.6. The van der Waals surface area contributed by atoms with E-state index in [1.54, 1.807) is 7.05 Å². The lowest BCUT2D eigenvalue weighted by Gasteiger charge is -2.38. The monoisotopic (exact) mass is 586 g/mol. The van der Waals surface area contributed by atoms with Crippen LogP contribution in [0.3, 0.4) is 0 Å². The van der Waals surface area contributed by atoms with Crippen molar-refractivity contribution < 1.29 is 22.7 Å². The van der Waals surface area contributed by atoms with Crippen LogP contribution in [0.1, 0.15) is 28.3 Å². The molecular weight excluding hydrogens is 565 g/mol. The van der Waals surface area contributed by atoms with Gasteiger partial charge in [0, 0.05) is 25.9 Å². The molecule has 0 saturated carbocycles. The molecule has 2 aromatic carbocycles. The Labute approximate surface area is 235 Å². The average Bonchev–Trinajstić information content (AvgIpc) is 2.91. The number of rotatable bonds is 5. The van der Waals surface area contributed by atoms with Gasteiger partial charge in [0.1, 0.15) is 11.5 Å². The molecule has 14 heteroatoms. The van der Waals surface area contributed by atoms with Crippen LogP contribution in [-0.4, -0.2) is 45.3 Å². The number of hydrazone groups is 1. The molecule has 1 aromatic heterocycles. The van der Waals surface area contributed by atoms with Gasteiger partial charge in [-0.2, -0.15) is 28.6 Å². The first-order valence-electron chi connectivity index (χ1n) is 11.9. The molecule has 2 aliphatic rings. The third-order valence-electron chi connectivity index (χ3n) is 6.29. The van der Waals surface area contributed by atoms with Crippen LogP contribution in [0, 0.1) is 11.3 Å². The highest BCUT2D eigenvalue weighted by Crippen LogP contribution is 2.38. The van der Waals surface area contributed by atoms with Gasteiger partial charge in [0.25, 0.3) is 5.56 Å². The normalized spacial score (nSPS) is 15.1. The third-order valence-corrected chi connectivity index (χ3v) is 8.52. The van der Waals surface area contributed by atoms with Gasteiger partial charge < -0.3 is 9.64 Å². The number of carbonyl (C=O) groups excluding carboxylic acids is 1. The van der Waals surface area contributed by atoms with E-state index >= 15 is 0 Å². The van der Waals surface area contributed by atoms with Crippen LogP contribution < -0.4 is 10.6 Å². The lowest BCUT2D eigenvalue weighted by atomic mass is 10.1. The van der Waals surface area contributed by atoms with Crippen LogP contribution in [0.2, 0.25) is 0 Å². The fourth-order valence-corrected chi connectivity index (χ4v) is 6.24. The van der Waals surface area contributed by atoms with E-state index in [4.69, 9.17) is 4.74 Å². The smallest absolute Gasteiger partial charge is 0.416 e. The molecule has 3 heterocycles. The maximum Gasteiger partial charge on any atom is 0.416 e. The molecule has 0 N–H and O–H groups in total. The molecular formula is C26H21F3N6O3S2. The Morgan fingerprint density at radius 1 is 1.23 bits per heavy atom. The number of benzene rings is 2. The highest BCUT2D eigenvalue weighted by molar-refractivity contribution is 8.38. The second-order valence-electron chi connectivity index (χ2n) is 8.97. The van der Waals surface area contributed by atoms with Gasteiger partial charge in [0.15, 0.2) is 4.38 Å². The Balaban J connectivity index is 1.23. The zero-order chi connectivity index (χ0) is 28.4. The molecule has 0 aliphatic carbocycles. The summed E-state index contributed by atoms with van der Waals surface area (Å²) in [7, 11) is 1.66. The average molecular weight is 587 g/mol. The van der Waals surface area contributed by atoms with Gasteiger partial charge in [0.2, 0.25) is 0 Å². The second-order valence-corrected chi connectivity index (χ2v) is 11.2. The third kappa shape index (κ3) is 5.80. The molecule has 5 rings (SSSR count). The fourth-order valence-electron chi connectivity index (χ4n) is 4.06. The van der Waals surface area contributed by atoms with Crippen molar-refractivity contribution >= 4 is 39.7 Å². The first kappa shape index (κ1) is 27.6. The van der Waals surface area contributed by atoms with Crippen LogP contribution in [0.5, 0.6) is 0 Å². The number of thioether (sulfide) groups is 2. The summed E-state index contributed by atoms with van der Waals surface area (Å²) >= 11 is 2.35. The van der Waals surface area contributed by atoms with E-state index in [-0.39, 0.29) is 42.6 Å². The maximum atomic E-state index is 13.3. The first-order chi connectivity index (χ1) is 19.1. The molecule has 0 atom stereocenters. The molecule has 1 fully saturated rings. The summed E-state index contributed by atoms with van der Waals surface area (Å²) in [5.74, 6) is 0.192. The van der Waals surface area contributed by atoms with Crippen molar-refractivity contribution in [2.24, 2.45) is 5.10 Å². The van der Waals surface area contributed by atoms with Crippen LogP contribution in [0.4, 0.5) is 23.7 Å². The first-order valence-corrected chi connectivity index (χ1v) is 13.7. The van der Waals surface area contributed by atoms with Crippen molar-refractivity contribution in [3.8, 4) is 6.07 Å². The van der Waals surface area contributed by atoms with Crippen molar-refractivity contribution in [3.63, 3.8) is 0 Å². The number of nitrogens with zero attached hydrogens (tertiary/aromatic N) is 6. The van der Waals surface area contributed by atoms with E-state index in [9.17, 15) is 28.0 Å². The molecule has 206 valence electrons. The van der Waals surface area contributed by atoms with Crippen molar-refractivity contribution in [2.45, 2.75) is 29.5 Å². The Morgan fingerprint density at radius 3 is 2.67 bits per heavy atom. The topological polar surface area (TPSA) is 104 Å². The van der Waals surface area contributed by atoms with E-state index < -0.39 is 17.8 Å². The van der Waals surface area contributed by atoms with Gasteiger partial charge in [-0.25, -0.2) is 9.48 Å². The number of ether oxygens (including phenoxy) is 1. The van der Waals surface area contributed by atoms with Gasteiger partial charge in [-0.3, -0.25) is 9.80 Å². The number of halogens is 3. The molecule has 3 aromatic rings. The minimum absolute atomic E-state index is 0.0686. The number of amides is 1. The molecule has 0 spiro atoms. The summed E-state index contributed by atoms with van der Waals surface area (Å²) < 4.78 is 46.2. The van der Waals surface area contributed by atoms with Crippen molar-refractivity contribution in [1.29, 1.82) is 5.26 Å². The minimum atomic E-state index is -4.54. The fraction of sp³-hybridized carbons (Fsp3) is 0.269. The highest BCUT2D eigenvalue weighted by Gasteiger charge is 2.36. The quantitative estimate of drug-likeness (QED) is 0.408. The van der Waals surface area contributed by atoms with E-state index in [1.807, 2.05) is 36.4 Å². The summed E-state index contributed by atoms with van der Waals surface area (Å²) in [6, 6.07) is 13.9. The predicted octanol–water partition coefficient (Wildman–Crippen LogP) is 5.07. The molecule has 0 bridgehead atoms. The van der Waals surface area contributed by atoms with E-state index in [1.165, 1.54) is 38.6 Å². The standard InChI is InChI=1S/C26H21F3N6O3S2/c1-33-21-11-31-35(20-12-34(13-20)25(37)38-14-16-5-3-2-4-6-16)23(36)22(21)40-24(32-33)39-15-17-7-8-19(26(27,28)29)9-18(17)10-30/h2-9,11,20H,12-15H2,1H3. The molecule has 2 aliphatic heterocycles. The van der Waals surface area contributed by atoms with Gasteiger partial charge in [-0.15, -0.1) is 0 Å².